The zero-order valence-electron chi connectivity index (χ0n) is 10.2. The number of rotatable bonds is 2. The van der Waals surface area contributed by atoms with Crippen LogP contribution in [0, 0.1) is 5.41 Å². The van der Waals surface area contributed by atoms with Gasteiger partial charge >= 0.3 is 0 Å². The topological polar surface area (TPSA) is 41.5 Å². The number of benzene rings is 1. The van der Waals surface area contributed by atoms with E-state index in [9.17, 15) is 4.79 Å². The van der Waals surface area contributed by atoms with Crippen LogP contribution in [0.15, 0.2) is 35.4 Å². The van der Waals surface area contributed by atoms with Crippen molar-refractivity contribution in [2.75, 3.05) is 0 Å². The van der Waals surface area contributed by atoms with Crippen LogP contribution in [0.4, 0.5) is 0 Å². The van der Waals surface area contributed by atoms with Crippen molar-refractivity contribution in [1.29, 1.82) is 0 Å². The van der Waals surface area contributed by atoms with Gasteiger partial charge in [0.15, 0.2) is 0 Å². The first-order chi connectivity index (χ1) is 7.41. The molecule has 0 heterocycles. The fourth-order valence-corrected chi connectivity index (χ4v) is 0.956. The molecule has 0 unspecified atom stereocenters. The lowest BCUT2D eigenvalue weighted by Crippen LogP contribution is -2.24. The van der Waals surface area contributed by atoms with Crippen LogP contribution in [0.25, 0.3) is 0 Å². The van der Waals surface area contributed by atoms with Crippen molar-refractivity contribution in [2.45, 2.75) is 27.7 Å². The highest BCUT2D eigenvalue weighted by molar-refractivity contribution is 5.95. The number of carbonyl (C=O) groups excluding carboxylic acids is 1. The number of hydrogen-bond donors (Lipinski definition) is 1. The maximum atomic E-state index is 11.7. The standard InChI is InChI=1S/C13H18N2O/c1-10(13(2,3)4)14-15-12(16)11-8-6-5-7-9-11/h5-9H,1-4H3,(H,15,16). The SMILES string of the molecule is CC(=NNC(=O)c1ccccc1)C(C)(C)C. The molecule has 1 N–H and O–H groups in total. The normalized spacial score (nSPS) is 12.4. The Bertz CT molecular complexity index is 388. The Labute approximate surface area is 96.6 Å². The molecule has 0 atom stereocenters. The molecule has 0 saturated carbocycles. The second-order valence-corrected chi connectivity index (χ2v) is 4.75. The molecule has 0 fully saturated rings. The fourth-order valence-electron chi connectivity index (χ4n) is 0.956. The quantitative estimate of drug-likeness (QED) is 0.602. The van der Waals surface area contributed by atoms with Crippen molar-refractivity contribution in [1.82, 2.24) is 5.43 Å². The summed E-state index contributed by atoms with van der Waals surface area (Å²) in [5.74, 6) is -0.177. The molecule has 0 bridgehead atoms. The van der Waals surface area contributed by atoms with Crippen LogP contribution >= 0.6 is 0 Å². The molecule has 0 saturated heterocycles. The molecule has 0 spiro atoms. The van der Waals surface area contributed by atoms with E-state index in [4.69, 9.17) is 0 Å². The van der Waals surface area contributed by atoms with Gasteiger partial charge in [0.1, 0.15) is 0 Å². The van der Waals surface area contributed by atoms with Crippen molar-refractivity contribution < 1.29 is 4.79 Å². The molecule has 86 valence electrons. The van der Waals surface area contributed by atoms with Gasteiger partial charge < -0.3 is 0 Å². The van der Waals surface area contributed by atoms with E-state index in [0.29, 0.717) is 5.56 Å². The lowest BCUT2D eigenvalue weighted by molar-refractivity contribution is 0.0954. The maximum absolute atomic E-state index is 11.7. The Morgan fingerprint density at radius 3 is 2.25 bits per heavy atom. The molecule has 3 nitrogen and oxygen atoms in total. The van der Waals surface area contributed by atoms with E-state index in [2.05, 4.69) is 31.3 Å². The van der Waals surface area contributed by atoms with E-state index >= 15 is 0 Å². The highest BCUT2D eigenvalue weighted by Crippen LogP contribution is 2.14. The van der Waals surface area contributed by atoms with Gasteiger partial charge in [-0.15, -0.1) is 0 Å². The summed E-state index contributed by atoms with van der Waals surface area (Å²) in [7, 11) is 0. The molecule has 0 aliphatic rings. The van der Waals surface area contributed by atoms with E-state index in [0.717, 1.165) is 5.71 Å². The minimum Gasteiger partial charge on any atom is -0.267 e. The number of amides is 1. The number of nitrogens with zero attached hydrogens (tertiary/aromatic N) is 1. The number of hydrogen-bond acceptors (Lipinski definition) is 2. The minimum absolute atomic E-state index is 0.0238. The van der Waals surface area contributed by atoms with Gasteiger partial charge in [-0.2, -0.15) is 5.10 Å². The molecule has 1 rings (SSSR count). The van der Waals surface area contributed by atoms with Gasteiger partial charge in [-0.05, 0) is 19.1 Å². The Hall–Kier alpha value is -1.64. The van der Waals surface area contributed by atoms with Gasteiger partial charge in [0.25, 0.3) is 5.91 Å². The third-order valence-corrected chi connectivity index (χ3v) is 2.45. The summed E-state index contributed by atoms with van der Waals surface area (Å²) < 4.78 is 0. The molecule has 1 aromatic rings. The maximum Gasteiger partial charge on any atom is 0.271 e. The van der Waals surface area contributed by atoms with Crippen LogP contribution in [0.1, 0.15) is 38.1 Å². The highest BCUT2D eigenvalue weighted by Gasteiger charge is 2.14. The molecule has 0 aliphatic carbocycles. The van der Waals surface area contributed by atoms with Crippen LogP contribution in [-0.2, 0) is 0 Å². The predicted octanol–water partition coefficient (Wildman–Crippen LogP) is 2.84. The first-order valence-electron chi connectivity index (χ1n) is 5.31. The zero-order valence-corrected chi connectivity index (χ0v) is 10.2. The molecule has 3 heteroatoms. The van der Waals surface area contributed by atoms with E-state index in [1.54, 1.807) is 12.1 Å². The average Bonchev–Trinajstić information content (AvgIpc) is 2.25. The van der Waals surface area contributed by atoms with E-state index < -0.39 is 0 Å². The van der Waals surface area contributed by atoms with E-state index in [1.807, 2.05) is 25.1 Å². The zero-order chi connectivity index (χ0) is 12.2. The van der Waals surface area contributed by atoms with Crippen molar-refractivity contribution >= 4 is 11.6 Å². The molecular formula is C13H18N2O. The van der Waals surface area contributed by atoms with Gasteiger partial charge in [-0.25, -0.2) is 5.43 Å². The molecule has 0 radical (unpaired) electrons. The summed E-state index contributed by atoms with van der Waals surface area (Å²) >= 11 is 0. The van der Waals surface area contributed by atoms with Gasteiger partial charge in [0.05, 0.1) is 0 Å². The van der Waals surface area contributed by atoms with Gasteiger partial charge in [0, 0.05) is 16.7 Å². The third-order valence-electron chi connectivity index (χ3n) is 2.45. The molecule has 0 aromatic heterocycles. The van der Waals surface area contributed by atoms with Crippen molar-refractivity contribution in [2.24, 2.45) is 10.5 Å². The lowest BCUT2D eigenvalue weighted by atomic mass is 9.91. The van der Waals surface area contributed by atoms with Crippen LogP contribution in [0.3, 0.4) is 0 Å². The number of hydrazone groups is 1. The summed E-state index contributed by atoms with van der Waals surface area (Å²) in [5, 5.41) is 4.09. The van der Waals surface area contributed by atoms with Crippen LogP contribution in [-0.4, -0.2) is 11.6 Å². The second kappa shape index (κ2) is 4.92. The molecule has 16 heavy (non-hydrogen) atoms. The van der Waals surface area contributed by atoms with E-state index in [-0.39, 0.29) is 11.3 Å². The summed E-state index contributed by atoms with van der Waals surface area (Å²) in [6, 6.07) is 9.06. The Kier molecular flexibility index (Phi) is 3.82. The Morgan fingerprint density at radius 2 is 1.75 bits per heavy atom. The molecular weight excluding hydrogens is 200 g/mol. The minimum atomic E-state index is -0.177. The van der Waals surface area contributed by atoms with Crippen molar-refractivity contribution in [3.05, 3.63) is 35.9 Å². The van der Waals surface area contributed by atoms with Crippen LogP contribution in [0.2, 0.25) is 0 Å². The Balaban J connectivity index is 2.67. The van der Waals surface area contributed by atoms with Gasteiger partial charge in [-0.3, -0.25) is 4.79 Å². The lowest BCUT2D eigenvalue weighted by Gasteiger charge is -2.17. The highest BCUT2D eigenvalue weighted by atomic mass is 16.2. The second-order valence-electron chi connectivity index (χ2n) is 4.75. The van der Waals surface area contributed by atoms with Crippen LogP contribution in [0.5, 0.6) is 0 Å². The number of nitrogens with one attached hydrogen (secondary N) is 1. The summed E-state index contributed by atoms with van der Waals surface area (Å²) in [6.45, 7) is 8.08. The number of carbonyl (C=O) groups is 1. The molecule has 0 aliphatic heterocycles. The molecule has 1 aromatic carbocycles. The van der Waals surface area contributed by atoms with Crippen molar-refractivity contribution in [3.63, 3.8) is 0 Å². The monoisotopic (exact) mass is 218 g/mol. The first-order valence-corrected chi connectivity index (χ1v) is 5.31. The van der Waals surface area contributed by atoms with E-state index in [1.165, 1.54) is 0 Å². The molecule has 1 amide bonds. The smallest absolute Gasteiger partial charge is 0.267 e. The first kappa shape index (κ1) is 12.4. The predicted molar refractivity (Wildman–Crippen MR) is 66.5 cm³/mol. The Morgan fingerprint density at radius 1 is 1.19 bits per heavy atom. The summed E-state index contributed by atoms with van der Waals surface area (Å²) in [6.07, 6.45) is 0. The van der Waals surface area contributed by atoms with Crippen LogP contribution < -0.4 is 5.43 Å². The van der Waals surface area contributed by atoms with Gasteiger partial charge in [-0.1, -0.05) is 39.0 Å². The van der Waals surface area contributed by atoms with Crippen molar-refractivity contribution in [3.8, 4) is 0 Å². The fraction of sp³-hybridized carbons (Fsp3) is 0.385. The summed E-state index contributed by atoms with van der Waals surface area (Å²) in [5.41, 5.74) is 4.05. The third kappa shape index (κ3) is 3.50. The summed E-state index contributed by atoms with van der Waals surface area (Å²) in [4.78, 5) is 11.7. The van der Waals surface area contributed by atoms with Gasteiger partial charge in [0.2, 0.25) is 0 Å². The largest absolute Gasteiger partial charge is 0.271 e. The average molecular weight is 218 g/mol.